The predicted molar refractivity (Wildman–Crippen MR) is 127 cm³/mol. The van der Waals surface area contributed by atoms with Gasteiger partial charge in [0.25, 0.3) is 0 Å². The molecule has 0 saturated carbocycles. The highest BCUT2D eigenvalue weighted by Crippen LogP contribution is 2.36. The van der Waals surface area contributed by atoms with E-state index < -0.39 is 11.9 Å². The second-order valence-corrected chi connectivity index (χ2v) is 6.13. The molecule has 0 bridgehead atoms. The van der Waals surface area contributed by atoms with Crippen LogP contribution in [0.25, 0.3) is 22.4 Å². The van der Waals surface area contributed by atoms with E-state index in [0.29, 0.717) is 28.3 Å². The number of aromatic nitrogens is 2. The molecule has 10 heteroatoms. The highest BCUT2D eigenvalue weighted by atomic mass is 79.9. The number of ether oxygens (including phenoxy) is 2. The predicted octanol–water partition coefficient (Wildman–Crippen LogP) is 7.33. The third kappa shape index (κ3) is 8.12. The zero-order valence-corrected chi connectivity index (χ0v) is 21.4. The maximum atomic E-state index is 12.9. The second-order valence-electron chi connectivity index (χ2n) is 5.56. The minimum Gasteiger partial charge on any atom is -0.494 e. The van der Waals surface area contributed by atoms with Crippen molar-refractivity contribution in [2.24, 2.45) is 0 Å². The largest absolute Gasteiger partial charge is 0.494 e. The van der Waals surface area contributed by atoms with Crippen molar-refractivity contribution in [3.63, 3.8) is 0 Å². The maximum Gasteiger partial charge on any atom is 0.433 e. The van der Waals surface area contributed by atoms with Crippen LogP contribution in [-0.4, -0.2) is 37.1 Å². The molecule has 0 fully saturated rings. The van der Waals surface area contributed by atoms with Crippen molar-refractivity contribution in [2.45, 2.75) is 46.1 Å². The van der Waals surface area contributed by atoms with Gasteiger partial charge in [-0.2, -0.15) is 13.2 Å². The standard InChI is InChI=1S/C16H10BrF3N2O3.C3H8O.2C2H6/c1-24-11-4-2-9(15-21-10(6-17)12(7-23)25-15)8-3-5-13(16(18,19)20)22-14(8)11;1-3-4-2;2*1-2/h2-5,7H,6H2,1H3;3H2,1-2H3;2*1-2H3. The van der Waals surface area contributed by atoms with E-state index in [4.69, 9.17) is 9.15 Å². The average Bonchev–Trinajstić information content (AvgIpc) is 3.28. The number of aldehydes is 1. The molecule has 0 amide bonds. The summed E-state index contributed by atoms with van der Waals surface area (Å²) in [5, 5.41) is 0.668. The SMILES string of the molecule is CC.CC.CCOC.COc1ccc(-c2nc(CBr)c(C=O)o2)c2ccc(C(F)(F)F)nc12. The fourth-order valence-corrected chi connectivity index (χ4v) is 2.77. The Morgan fingerprint density at radius 2 is 1.67 bits per heavy atom. The van der Waals surface area contributed by atoms with Crippen molar-refractivity contribution in [1.29, 1.82) is 0 Å². The van der Waals surface area contributed by atoms with Crippen LogP contribution in [0.4, 0.5) is 13.2 Å². The number of methoxy groups -OCH3 is 2. The number of fused-ring (bicyclic) bond motifs is 1. The second kappa shape index (κ2) is 15.4. The van der Waals surface area contributed by atoms with Gasteiger partial charge in [-0.05, 0) is 31.2 Å². The van der Waals surface area contributed by atoms with Gasteiger partial charge in [0.1, 0.15) is 22.7 Å². The normalized spacial score (nSPS) is 10.2. The van der Waals surface area contributed by atoms with Gasteiger partial charge in [-0.1, -0.05) is 43.6 Å². The van der Waals surface area contributed by atoms with Crippen LogP contribution in [0.15, 0.2) is 28.7 Å². The third-order valence-corrected chi connectivity index (χ3v) is 4.34. The zero-order valence-electron chi connectivity index (χ0n) is 19.8. The van der Waals surface area contributed by atoms with Crippen molar-refractivity contribution >= 4 is 33.1 Å². The molecule has 0 spiro atoms. The van der Waals surface area contributed by atoms with Gasteiger partial charge < -0.3 is 13.9 Å². The van der Waals surface area contributed by atoms with Crippen LogP contribution in [0, 0.1) is 0 Å². The lowest BCUT2D eigenvalue weighted by Crippen LogP contribution is -2.08. The topological polar surface area (TPSA) is 74.5 Å². The first-order chi connectivity index (χ1) is 15.8. The number of hydrogen-bond acceptors (Lipinski definition) is 6. The third-order valence-electron chi connectivity index (χ3n) is 3.81. The molecule has 3 rings (SSSR count). The van der Waals surface area contributed by atoms with Gasteiger partial charge in [-0.15, -0.1) is 0 Å². The van der Waals surface area contributed by atoms with Gasteiger partial charge in [0.2, 0.25) is 5.89 Å². The van der Waals surface area contributed by atoms with Gasteiger partial charge in [0.05, 0.1) is 7.11 Å². The molecule has 6 nitrogen and oxygen atoms in total. The molecular formula is C23H30BrF3N2O4. The molecule has 33 heavy (non-hydrogen) atoms. The number of nitrogens with zero attached hydrogens (tertiary/aromatic N) is 2. The van der Waals surface area contributed by atoms with E-state index in [1.165, 1.54) is 19.2 Å². The molecule has 0 saturated heterocycles. The molecule has 2 heterocycles. The number of carbonyl (C=O) groups excluding carboxylic acids is 1. The first kappa shape index (κ1) is 30.5. The van der Waals surface area contributed by atoms with Gasteiger partial charge in [-0.25, -0.2) is 9.97 Å². The summed E-state index contributed by atoms with van der Waals surface area (Å²) in [6, 6.07) is 5.22. The van der Waals surface area contributed by atoms with Gasteiger partial charge in [0, 0.05) is 30.0 Å². The lowest BCUT2D eigenvalue weighted by atomic mass is 10.1. The zero-order chi connectivity index (χ0) is 25.6. The summed E-state index contributed by atoms with van der Waals surface area (Å²) >= 11 is 3.20. The molecule has 0 N–H and O–H groups in total. The van der Waals surface area contributed by atoms with Crippen LogP contribution in [0.3, 0.4) is 0 Å². The lowest BCUT2D eigenvalue weighted by molar-refractivity contribution is -0.140. The fourth-order valence-electron chi connectivity index (χ4n) is 2.37. The van der Waals surface area contributed by atoms with E-state index in [0.717, 1.165) is 12.7 Å². The Morgan fingerprint density at radius 3 is 2.09 bits per heavy atom. The van der Waals surface area contributed by atoms with Crippen molar-refractivity contribution < 1.29 is 31.9 Å². The number of oxazole rings is 1. The number of alkyl halides is 4. The Hall–Kier alpha value is -2.46. The van der Waals surface area contributed by atoms with Crippen LogP contribution in [-0.2, 0) is 16.2 Å². The number of carbonyl (C=O) groups is 1. The van der Waals surface area contributed by atoms with E-state index in [1.807, 2.05) is 34.6 Å². The quantitative estimate of drug-likeness (QED) is 0.252. The van der Waals surface area contributed by atoms with Crippen LogP contribution in [0.1, 0.15) is 56.6 Å². The van der Waals surface area contributed by atoms with Gasteiger partial charge >= 0.3 is 6.18 Å². The Labute approximate surface area is 200 Å². The van der Waals surface area contributed by atoms with Crippen LogP contribution in [0.2, 0.25) is 0 Å². The van der Waals surface area contributed by atoms with Crippen molar-refractivity contribution in [1.82, 2.24) is 9.97 Å². The molecule has 0 aliphatic rings. The number of hydrogen-bond donors (Lipinski definition) is 0. The summed E-state index contributed by atoms with van der Waals surface area (Å²) in [7, 11) is 3.02. The highest BCUT2D eigenvalue weighted by Gasteiger charge is 2.33. The van der Waals surface area contributed by atoms with Crippen molar-refractivity contribution in [2.75, 3.05) is 20.8 Å². The summed E-state index contributed by atoms with van der Waals surface area (Å²) in [6.07, 6.45) is -4.05. The summed E-state index contributed by atoms with van der Waals surface area (Å²) in [5.74, 6) is 0.356. The molecule has 0 aliphatic carbocycles. The Bertz CT molecular complexity index is 990. The number of benzene rings is 1. The monoisotopic (exact) mass is 534 g/mol. The number of halogens is 4. The number of rotatable bonds is 5. The van der Waals surface area contributed by atoms with Crippen LogP contribution < -0.4 is 4.74 Å². The highest BCUT2D eigenvalue weighted by molar-refractivity contribution is 9.08. The summed E-state index contributed by atoms with van der Waals surface area (Å²) in [5.41, 5.74) is -0.195. The summed E-state index contributed by atoms with van der Waals surface area (Å²) < 4.78 is 53.9. The molecule has 0 aliphatic heterocycles. The van der Waals surface area contributed by atoms with E-state index >= 15 is 0 Å². The first-order valence-corrected chi connectivity index (χ1v) is 11.5. The molecular weight excluding hydrogens is 505 g/mol. The smallest absolute Gasteiger partial charge is 0.433 e. The fraction of sp³-hybridized carbons (Fsp3) is 0.435. The molecule has 1 aromatic carbocycles. The van der Waals surface area contributed by atoms with E-state index in [2.05, 4.69) is 30.6 Å². The molecule has 0 atom stereocenters. The minimum atomic E-state index is -4.58. The van der Waals surface area contributed by atoms with Crippen LogP contribution in [0.5, 0.6) is 5.75 Å². The Balaban J connectivity index is 0.00000113. The lowest BCUT2D eigenvalue weighted by Gasteiger charge is -2.11. The van der Waals surface area contributed by atoms with E-state index in [-0.39, 0.29) is 22.9 Å². The Morgan fingerprint density at radius 1 is 1.06 bits per heavy atom. The molecule has 0 radical (unpaired) electrons. The van der Waals surface area contributed by atoms with E-state index in [1.54, 1.807) is 13.2 Å². The van der Waals surface area contributed by atoms with Gasteiger partial charge in [0.15, 0.2) is 12.0 Å². The molecule has 184 valence electrons. The maximum absolute atomic E-state index is 12.9. The molecule has 2 aromatic heterocycles. The van der Waals surface area contributed by atoms with E-state index in [9.17, 15) is 18.0 Å². The average molecular weight is 535 g/mol. The first-order valence-electron chi connectivity index (χ1n) is 10.4. The van der Waals surface area contributed by atoms with Gasteiger partial charge in [-0.3, -0.25) is 4.79 Å². The van der Waals surface area contributed by atoms with Crippen LogP contribution >= 0.6 is 15.9 Å². The molecule has 3 aromatic rings. The van der Waals surface area contributed by atoms with Crippen molar-refractivity contribution in [3.05, 3.63) is 41.4 Å². The molecule has 0 unspecified atom stereocenters. The number of pyridine rings is 1. The van der Waals surface area contributed by atoms with Crippen molar-refractivity contribution in [3.8, 4) is 17.2 Å². The summed E-state index contributed by atoms with van der Waals surface area (Å²) in [6.45, 7) is 10.8. The Kier molecular flexibility index (Phi) is 14.2. The summed E-state index contributed by atoms with van der Waals surface area (Å²) in [4.78, 5) is 18.9. The minimum absolute atomic E-state index is 0.0288.